The lowest BCUT2D eigenvalue weighted by molar-refractivity contribution is -0.128. The Labute approximate surface area is 157 Å². The zero-order valence-electron chi connectivity index (χ0n) is 14.6. The number of hydrogen-bond donors (Lipinski definition) is 0. The van der Waals surface area contributed by atoms with Gasteiger partial charge in [-0.05, 0) is 31.5 Å². The number of allylic oxidation sites excluding steroid dienone is 2. The second kappa shape index (κ2) is 9.11. The van der Waals surface area contributed by atoms with Crippen LogP contribution in [0.15, 0.2) is 59.7 Å². The maximum absolute atomic E-state index is 12.6. The molecule has 0 atom stereocenters. The maximum Gasteiger partial charge on any atom is 0.293 e. The van der Waals surface area contributed by atoms with Crippen molar-refractivity contribution in [3.63, 3.8) is 0 Å². The molecule has 0 radical (unpaired) electrons. The van der Waals surface area contributed by atoms with E-state index in [9.17, 15) is 14.4 Å². The summed E-state index contributed by atoms with van der Waals surface area (Å²) in [7, 11) is 0. The first kappa shape index (κ1) is 19.6. The number of fused-ring (bicyclic) bond motifs is 1. The second-order valence-electron chi connectivity index (χ2n) is 5.66. The van der Waals surface area contributed by atoms with E-state index >= 15 is 0 Å². The fourth-order valence-corrected chi connectivity index (χ4v) is 2.76. The second-order valence-corrected chi connectivity index (χ2v) is 6.10. The van der Waals surface area contributed by atoms with Crippen LogP contribution in [-0.2, 0) is 16.0 Å². The average molecular weight is 371 g/mol. The van der Waals surface area contributed by atoms with Crippen LogP contribution in [0.5, 0.6) is 0 Å². The van der Waals surface area contributed by atoms with E-state index in [0.29, 0.717) is 46.8 Å². The Morgan fingerprint density at radius 2 is 1.54 bits per heavy atom. The van der Waals surface area contributed by atoms with E-state index in [1.54, 1.807) is 50.2 Å². The lowest BCUT2D eigenvalue weighted by Crippen LogP contribution is -2.22. The van der Waals surface area contributed by atoms with Gasteiger partial charge in [-0.1, -0.05) is 48.0 Å². The molecule has 0 aliphatic heterocycles. The standard InChI is InChI=1S/C18H13ClO2.C3H6O2/c1-11-16(10-12-6-8-13(19)9-7-12)18(21)15-5-3-2-4-14(15)17(11)20;1-2-5-3-4/h2-9H,10H2,1H3;3H,2H2,1H3. The lowest BCUT2D eigenvalue weighted by Gasteiger charge is -2.19. The highest BCUT2D eigenvalue weighted by molar-refractivity contribution is 6.30. The zero-order chi connectivity index (χ0) is 19.1. The summed E-state index contributed by atoms with van der Waals surface area (Å²) in [4.78, 5) is 34.2. The number of hydrogen-bond acceptors (Lipinski definition) is 4. The molecule has 0 unspecified atom stereocenters. The van der Waals surface area contributed by atoms with Crippen molar-refractivity contribution in [1.29, 1.82) is 0 Å². The molecule has 0 saturated heterocycles. The topological polar surface area (TPSA) is 60.4 Å². The van der Waals surface area contributed by atoms with Gasteiger partial charge in [0, 0.05) is 33.7 Å². The van der Waals surface area contributed by atoms with Crippen LogP contribution >= 0.6 is 11.6 Å². The van der Waals surface area contributed by atoms with Gasteiger partial charge in [0.1, 0.15) is 0 Å². The first-order valence-corrected chi connectivity index (χ1v) is 8.55. The molecule has 0 aromatic heterocycles. The molecule has 0 amide bonds. The number of Topliss-reactive ketones (excluding diaryl/α,β-unsaturated/α-hetero) is 2. The van der Waals surface area contributed by atoms with Crippen LogP contribution in [0.25, 0.3) is 0 Å². The predicted octanol–water partition coefficient (Wildman–Crippen LogP) is 4.46. The van der Waals surface area contributed by atoms with Gasteiger partial charge in [0.15, 0.2) is 11.6 Å². The van der Waals surface area contributed by atoms with Crippen LogP contribution in [0.1, 0.15) is 40.1 Å². The van der Waals surface area contributed by atoms with Crippen molar-refractivity contribution in [2.75, 3.05) is 6.61 Å². The van der Waals surface area contributed by atoms with Gasteiger partial charge in [0.05, 0.1) is 6.61 Å². The van der Waals surface area contributed by atoms with Crippen LogP contribution in [0.2, 0.25) is 5.02 Å². The normalized spacial score (nSPS) is 12.9. The van der Waals surface area contributed by atoms with Crippen molar-refractivity contribution >= 4 is 29.6 Å². The van der Waals surface area contributed by atoms with Gasteiger partial charge in [-0.15, -0.1) is 0 Å². The Kier molecular flexibility index (Phi) is 6.87. The van der Waals surface area contributed by atoms with Crippen molar-refractivity contribution < 1.29 is 19.1 Å². The third kappa shape index (κ3) is 4.46. The van der Waals surface area contributed by atoms with Crippen LogP contribution in [-0.4, -0.2) is 24.6 Å². The molecule has 2 aromatic rings. The molecule has 1 aliphatic rings. The first-order chi connectivity index (χ1) is 12.5. The zero-order valence-corrected chi connectivity index (χ0v) is 15.4. The lowest BCUT2D eigenvalue weighted by atomic mass is 9.82. The predicted molar refractivity (Wildman–Crippen MR) is 101 cm³/mol. The Balaban J connectivity index is 0.000000431. The fraction of sp³-hybridized carbons (Fsp3) is 0.190. The molecule has 2 aromatic carbocycles. The Morgan fingerprint density at radius 1 is 0.962 bits per heavy atom. The molecule has 5 heteroatoms. The van der Waals surface area contributed by atoms with Crippen molar-refractivity contribution in [3.8, 4) is 0 Å². The van der Waals surface area contributed by atoms with Crippen LogP contribution in [0.3, 0.4) is 0 Å². The molecule has 0 N–H and O–H groups in total. The number of rotatable bonds is 4. The molecule has 134 valence electrons. The summed E-state index contributed by atoms with van der Waals surface area (Å²) in [5, 5.41) is 0.654. The van der Waals surface area contributed by atoms with E-state index in [4.69, 9.17) is 11.6 Å². The van der Waals surface area contributed by atoms with Crippen LogP contribution in [0.4, 0.5) is 0 Å². The fourth-order valence-electron chi connectivity index (χ4n) is 2.64. The molecule has 0 fully saturated rings. The van der Waals surface area contributed by atoms with Gasteiger partial charge >= 0.3 is 0 Å². The molecular formula is C21H19ClO4. The van der Waals surface area contributed by atoms with Crippen molar-refractivity contribution in [2.45, 2.75) is 20.3 Å². The number of carbonyl (C=O) groups excluding carboxylic acids is 3. The molecule has 0 saturated carbocycles. The highest BCUT2D eigenvalue weighted by Crippen LogP contribution is 2.28. The molecule has 3 rings (SSSR count). The van der Waals surface area contributed by atoms with Gasteiger partial charge < -0.3 is 4.74 Å². The Morgan fingerprint density at radius 3 is 2.04 bits per heavy atom. The number of benzene rings is 2. The van der Waals surface area contributed by atoms with Gasteiger partial charge in [0.25, 0.3) is 6.47 Å². The van der Waals surface area contributed by atoms with Gasteiger partial charge in [-0.25, -0.2) is 0 Å². The molecular weight excluding hydrogens is 352 g/mol. The monoisotopic (exact) mass is 370 g/mol. The smallest absolute Gasteiger partial charge is 0.293 e. The molecule has 0 spiro atoms. The van der Waals surface area contributed by atoms with Crippen LogP contribution < -0.4 is 0 Å². The van der Waals surface area contributed by atoms with Crippen LogP contribution in [0, 0.1) is 0 Å². The molecule has 0 bridgehead atoms. The Hall–Kier alpha value is -2.72. The summed E-state index contributed by atoms with van der Waals surface area (Å²) in [5.74, 6) is -0.119. The number of ketones is 2. The van der Waals surface area contributed by atoms with Gasteiger partial charge in [-0.3, -0.25) is 14.4 Å². The minimum atomic E-state index is -0.0610. The Bertz CT molecular complexity index is 851. The SMILES string of the molecule is CC1=C(Cc2ccc(Cl)cc2)C(=O)c2ccccc2C1=O.CCOC=O. The largest absolute Gasteiger partial charge is 0.468 e. The summed E-state index contributed by atoms with van der Waals surface area (Å²) in [5.41, 5.74) is 3.07. The van der Waals surface area contributed by atoms with E-state index in [0.717, 1.165) is 5.56 Å². The van der Waals surface area contributed by atoms with E-state index in [1.807, 2.05) is 12.1 Å². The average Bonchev–Trinajstić information content (AvgIpc) is 2.66. The number of carbonyl (C=O) groups is 3. The van der Waals surface area contributed by atoms with E-state index < -0.39 is 0 Å². The van der Waals surface area contributed by atoms with Crippen molar-refractivity contribution in [3.05, 3.63) is 81.4 Å². The summed E-state index contributed by atoms with van der Waals surface area (Å²) in [6, 6.07) is 14.3. The van der Waals surface area contributed by atoms with Gasteiger partial charge in [-0.2, -0.15) is 0 Å². The summed E-state index contributed by atoms with van der Waals surface area (Å²) in [6.07, 6.45) is 0.446. The highest BCUT2D eigenvalue weighted by Gasteiger charge is 2.29. The summed E-state index contributed by atoms with van der Waals surface area (Å²) >= 11 is 5.87. The number of halogens is 1. The van der Waals surface area contributed by atoms with Crippen molar-refractivity contribution in [2.24, 2.45) is 0 Å². The summed E-state index contributed by atoms with van der Waals surface area (Å²) < 4.78 is 4.15. The quantitative estimate of drug-likeness (QED) is 0.745. The maximum atomic E-state index is 12.6. The third-order valence-corrected chi connectivity index (χ3v) is 4.26. The van der Waals surface area contributed by atoms with Crippen molar-refractivity contribution in [1.82, 2.24) is 0 Å². The third-order valence-electron chi connectivity index (χ3n) is 4.01. The van der Waals surface area contributed by atoms with Gasteiger partial charge in [0.2, 0.25) is 0 Å². The van der Waals surface area contributed by atoms with E-state index in [2.05, 4.69) is 4.74 Å². The number of ether oxygens (including phenoxy) is 1. The summed E-state index contributed by atoms with van der Waals surface area (Å²) in [6.45, 7) is 4.39. The molecule has 0 heterocycles. The molecule has 1 aliphatic carbocycles. The minimum Gasteiger partial charge on any atom is -0.468 e. The highest BCUT2D eigenvalue weighted by atomic mass is 35.5. The minimum absolute atomic E-state index is 0.0577. The molecule has 4 nitrogen and oxygen atoms in total. The first-order valence-electron chi connectivity index (χ1n) is 8.17. The van der Waals surface area contributed by atoms with E-state index in [-0.39, 0.29) is 11.6 Å². The molecule has 26 heavy (non-hydrogen) atoms. The van der Waals surface area contributed by atoms with E-state index in [1.165, 1.54) is 0 Å².